The molecule has 4 rings (SSSR count). The molecule has 14 nitrogen and oxygen atoms in total. The van der Waals surface area contributed by atoms with Crippen LogP contribution in [0, 0.1) is 5.82 Å². The molecule has 0 aliphatic rings. The Labute approximate surface area is 261 Å². The number of aromatic nitrogens is 6. The molecule has 0 bridgehead atoms. The van der Waals surface area contributed by atoms with E-state index in [0.717, 1.165) is 18.3 Å². The fourth-order valence-corrected chi connectivity index (χ4v) is 4.03. The molecule has 0 fully saturated rings. The van der Waals surface area contributed by atoms with Crippen LogP contribution < -0.4 is 20.7 Å². The van der Waals surface area contributed by atoms with Crippen LogP contribution in [-0.2, 0) is 29.7 Å². The summed E-state index contributed by atoms with van der Waals surface area (Å²) in [5.74, 6) is -1.25. The first-order chi connectivity index (χ1) is 22.0. The number of aryl methyl sites for hydroxylation is 1. The van der Waals surface area contributed by atoms with Gasteiger partial charge in [0.15, 0.2) is 11.6 Å². The van der Waals surface area contributed by atoms with Crippen molar-refractivity contribution in [2.45, 2.75) is 39.6 Å². The number of amides is 2. The first-order valence-corrected chi connectivity index (χ1v) is 13.3. The summed E-state index contributed by atoms with van der Waals surface area (Å²) >= 11 is 6.02. The highest BCUT2D eigenvalue weighted by Gasteiger charge is 2.21. The molecule has 0 saturated carbocycles. The second-order valence-electron chi connectivity index (χ2n) is 10.2. The summed E-state index contributed by atoms with van der Waals surface area (Å²) in [5, 5.41) is 11.4. The van der Waals surface area contributed by atoms with Crippen LogP contribution in [0.2, 0.25) is 5.28 Å². The van der Waals surface area contributed by atoms with Crippen molar-refractivity contribution in [1.29, 1.82) is 0 Å². The lowest BCUT2D eigenvalue weighted by Crippen LogP contribution is -2.27. The first-order valence-electron chi connectivity index (χ1n) is 14.4. The lowest BCUT2D eigenvalue weighted by Gasteiger charge is -2.19. The summed E-state index contributed by atoms with van der Waals surface area (Å²) in [6.45, 7) is 2.12. The number of rotatable bonds is 10. The Bertz CT molecular complexity index is 1780. The molecule has 0 atom stereocenters. The molecule has 2 amide bonds. The molecule has 0 radical (unpaired) electrons. The molecule has 0 spiro atoms. The maximum absolute atomic E-state index is 14.4. The highest BCUT2D eigenvalue weighted by Crippen LogP contribution is 2.38. The Morgan fingerprint density at radius 1 is 1.14 bits per heavy atom. The van der Waals surface area contributed by atoms with E-state index in [1.165, 1.54) is 18.1 Å². The van der Waals surface area contributed by atoms with Gasteiger partial charge in [-0.2, -0.15) is 10.1 Å². The molecule has 0 unspecified atom stereocenters. The standard InChI is InChI=1S/C28H31ClFN9O5/c1-28(2,3)44-27(41)36-21-10-16(30)9-17(34-21)13-43-12-15-7-18(23-33-14-39(5)38-23)22(42-6)20(8-15)35-24-19(25(40)31-4)11-32-26(29)37-24/h7-11,14H,12-13H2,1-6H3,(H,31,40)(H,32,35,37)(H,34,36,41)/i4D3. The predicted octanol–water partition coefficient (Wildman–Crippen LogP) is 4.64. The Morgan fingerprint density at radius 2 is 1.93 bits per heavy atom. The monoisotopic (exact) mass is 630 g/mol. The maximum atomic E-state index is 14.4. The summed E-state index contributed by atoms with van der Waals surface area (Å²) in [7, 11) is 3.10. The Kier molecular flexibility index (Phi) is 8.63. The molecule has 3 N–H and O–H groups in total. The van der Waals surface area contributed by atoms with Crippen molar-refractivity contribution < 1.29 is 32.3 Å². The minimum atomic E-state index is -2.77. The topological polar surface area (TPSA) is 167 Å². The predicted molar refractivity (Wildman–Crippen MR) is 159 cm³/mol. The summed E-state index contributed by atoms with van der Waals surface area (Å²) in [6, 6.07) is 5.55. The Balaban J connectivity index is 1.63. The zero-order valence-corrected chi connectivity index (χ0v) is 25.1. The number of methoxy groups -OCH3 is 1. The lowest BCUT2D eigenvalue weighted by atomic mass is 10.1. The third kappa shape index (κ3) is 8.35. The average Bonchev–Trinajstić information content (AvgIpc) is 3.36. The number of nitrogens with one attached hydrogen (secondary N) is 3. The van der Waals surface area contributed by atoms with E-state index in [1.54, 1.807) is 40.0 Å². The second kappa shape index (κ2) is 13.6. The van der Waals surface area contributed by atoms with E-state index in [0.29, 0.717) is 17.0 Å². The van der Waals surface area contributed by atoms with Crippen LogP contribution in [0.5, 0.6) is 5.75 Å². The smallest absolute Gasteiger partial charge is 0.413 e. The summed E-state index contributed by atoms with van der Waals surface area (Å²) in [4.78, 5) is 41.3. The molecule has 0 saturated heterocycles. The van der Waals surface area contributed by atoms with Gasteiger partial charge in [-0.1, -0.05) is 0 Å². The zero-order valence-electron chi connectivity index (χ0n) is 27.4. The van der Waals surface area contributed by atoms with Crippen molar-refractivity contribution >= 4 is 40.9 Å². The van der Waals surface area contributed by atoms with Gasteiger partial charge in [-0.05, 0) is 56.1 Å². The normalized spacial score (nSPS) is 12.5. The van der Waals surface area contributed by atoms with Crippen molar-refractivity contribution in [3.8, 4) is 17.1 Å². The van der Waals surface area contributed by atoms with Gasteiger partial charge in [0.1, 0.15) is 34.9 Å². The van der Waals surface area contributed by atoms with Crippen LogP contribution in [0.15, 0.2) is 36.8 Å². The molecule has 16 heteroatoms. The molecule has 4 aromatic rings. The van der Waals surface area contributed by atoms with E-state index < -0.39 is 30.4 Å². The fourth-order valence-electron chi connectivity index (χ4n) is 3.90. The number of pyridine rings is 1. The van der Waals surface area contributed by atoms with Crippen LogP contribution in [0.3, 0.4) is 0 Å². The minimum absolute atomic E-state index is 0.0392. The molecule has 0 aliphatic heterocycles. The summed E-state index contributed by atoms with van der Waals surface area (Å²) < 4.78 is 54.7. The number of anilines is 3. The van der Waals surface area contributed by atoms with Crippen LogP contribution >= 0.6 is 11.6 Å². The summed E-state index contributed by atoms with van der Waals surface area (Å²) in [6.07, 6.45) is 1.78. The number of hydrogen-bond acceptors (Lipinski definition) is 11. The molecular formula is C28H31ClFN9O5. The van der Waals surface area contributed by atoms with Crippen LogP contribution in [0.1, 0.15) is 46.5 Å². The SMILES string of the molecule is [2H]C([2H])([2H])NC(=O)c1cnc(Cl)nc1Nc1cc(COCc2cc(F)cc(NC(=O)OC(C)(C)C)n2)cc(-c2ncn(C)n2)c1OC. The van der Waals surface area contributed by atoms with Gasteiger partial charge < -0.3 is 24.8 Å². The van der Waals surface area contributed by atoms with Crippen LogP contribution in [0.4, 0.5) is 26.5 Å². The van der Waals surface area contributed by atoms with Crippen molar-refractivity contribution in [3.05, 3.63) is 64.7 Å². The van der Waals surface area contributed by atoms with Gasteiger partial charge in [-0.3, -0.25) is 14.8 Å². The molecule has 232 valence electrons. The number of benzene rings is 1. The molecule has 0 aliphatic carbocycles. The molecule has 3 aromatic heterocycles. The highest BCUT2D eigenvalue weighted by atomic mass is 35.5. The van der Waals surface area contributed by atoms with Gasteiger partial charge in [0.25, 0.3) is 5.91 Å². The van der Waals surface area contributed by atoms with Crippen molar-refractivity contribution in [2.24, 2.45) is 7.05 Å². The first kappa shape index (κ1) is 27.9. The van der Waals surface area contributed by atoms with E-state index in [-0.39, 0.29) is 52.8 Å². The highest BCUT2D eigenvalue weighted by molar-refractivity contribution is 6.28. The maximum Gasteiger partial charge on any atom is 0.413 e. The number of carbonyl (C=O) groups excluding carboxylic acids is 2. The molecule has 3 heterocycles. The van der Waals surface area contributed by atoms with Gasteiger partial charge in [-0.25, -0.2) is 24.1 Å². The van der Waals surface area contributed by atoms with Gasteiger partial charge in [0.2, 0.25) is 5.28 Å². The van der Waals surface area contributed by atoms with E-state index in [2.05, 4.69) is 35.7 Å². The Hall–Kier alpha value is -4.89. The lowest BCUT2D eigenvalue weighted by molar-refractivity contribution is 0.0634. The fraction of sp³-hybridized carbons (Fsp3) is 0.321. The minimum Gasteiger partial charge on any atom is -0.494 e. The number of hydrogen-bond donors (Lipinski definition) is 3. The third-order valence-electron chi connectivity index (χ3n) is 5.55. The molecule has 1 aromatic carbocycles. The van der Waals surface area contributed by atoms with Crippen molar-refractivity contribution in [2.75, 3.05) is 24.7 Å². The number of ether oxygens (including phenoxy) is 3. The van der Waals surface area contributed by atoms with E-state index in [4.69, 9.17) is 29.9 Å². The Morgan fingerprint density at radius 3 is 2.61 bits per heavy atom. The number of carbonyl (C=O) groups is 2. The average molecular weight is 631 g/mol. The van der Waals surface area contributed by atoms with E-state index in [9.17, 15) is 14.0 Å². The van der Waals surface area contributed by atoms with E-state index in [1.807, 2.05) is 5.32 Å². The number of halogens is 2. The van der Waals surface area contributed by atoms with E-state index >= 15 is 0 Å². The van der Waals surface area contributed by atoms with Gasteiger partial charge in [0, 0.05) is 30.4 Å². The molecular weight excluding hydrogens is 597 g/mol. The number of nitrogens with zero attached hydrogens (tertiary/aromatic N) is 6. The van der Waals surface area contributed by atoms with Crippen molar-refractivity contribution in [1.82, 2.24) is 35.0 Å². The van der Waals surface area contributed by atoms with Crippen LogP contribution in [-0.4, -0.2) is 61.4 Å². The van der Waals surface area contributed by atoms with Gasteiger partial charge >= 0.3 is 6.09 Å². The zero-order chi connectivity index (χ0) is 34.5. The van der Waals surface area contributed by atoms with Gasteiger partial charge in [-0.15, -0.1) is 0 Å². The quantitative estimate of drug-likeness (QED) is 0.209. The second-order valence-corrected chi connectivity index (χ2v) is 10.6. The third-order valence-corrected chi connectivity index (χ3v) is 5.74. The van der Waals surface area contributed by atoms with Crippen LogP contribution in [0.25, 0.3) is 11.4 Å². The van der Waals surface area contributed by atoms with Crippen molar-refractivity contribution in [3.63, 3.8) is 0 Å². The molecule has 44 heavy (non-hydrogen) atoms. The summed E-state index contributed by atoms with van der Waals surface area (Å²) in [5.41, 5.74) is 0.465. The van der Waals surface area contributed by atoms with Gasteiger partial charge in [0.05, 0.1) is 37.3 Å². The largest absolute Gasteiger partial charge is 0.494 e.